The van der Waals surface area contributed by atoms with Crippen LogP contribution >= 0.6 is 0 Å². The molecular formula is C25H24N2O3. The van der Waals surface area contributed by atoms with Crippen LogP contribution in [0.25, 0.3) is 27.8 Å². The molecular weight excluding hydrogens is 376 g/mol. The Kier molecular flexibility index (Phi) is 5.27. The summed E-state index contributed by atoms with van der Waals surface area (Å²) in [6, 6.07) is 18.4. The van der Waals surface area contributed by atoms with Crippen molar-refractivity contribution < 1.29 is 15.0 Å². The zero-order valence-corrected chi connectivity index (χ0v) is 17.1. The summed E-state index contributed by atoms with van der Waals surface area (Å²) in [6.45, 7) is 4.14. The van der Waals surface area contributed by atoms with Crippen LogP contribution in [0.4, 0.5) is 0 Å². The lowest BCUT2D eigenvalue weighted by atomic mass is 9.95. The molecule has 0 unspecified atom stereocenters. The van der Waals surface area contributed by atoms with Crippen molar-refractivity contribution in [2.45, 2.75) is 33.1 Å². The first-order valence-electron chi connectivity index (χ1n) is 10.1. The second-order valence-corrected chi connectivity index (χ2v) is 7.49. The molecule has 30 heavy (non-hydrogen) atoms. The smallest absolute Gasteiger partial charge is 0.336 e. The van der Waals surface area contributed by atoms with Crippen LogP contribution in [0.15, 0.2) is 60.7 Å². The number of aromatic carboxylic acids is 1. The van der Waals surface area contributed by atoms with Crippen LogP contribution in [-0.2, 0) is 6.42 Å². The molecule has 4 aromatic rings. The number of aromatic hydroxyl groups is 1. The predicted molar refractivity (Wildman–Crippen MR) is 118 cm³/mol. The SMILES string of the molecule is CCCCc1nc2cc(O)ccc2n1-c1ccc(-c2ccccc2C(=O)O)c(C)c1. The quantitative estimate of drug-likeness (QED) is 0.432. The van der Waals surface area contributed by atoms with Gasteiger partial charge in [-0.1, -0.05) is 37.6 Å². The lowest BCUT2D eigenvalue weighted by molar-refractivity contribution is 0.0697. The highest BCUT2D eigenvalue weighted by Crippen LogP contribution is 2.31. The van der Waals surface area contributed by atoms with E-state index < -0.39 is 5.97 Å². The Morgan fingerprint density at radius 2 is 1.83 bits per heavy atom. The topological polar surface area (TPSA) is 75.4 Å². The summed E-state index contributed by atoms with van der Waals surface area (Å²) in [5.74, 6) is 0.220. The molecule has 5 heteroatoms. The molecule has 0 saturated carbocycles. The number of unbranched alkanes of at least 4 members (excludes halogenated alkanes) is 1. The van der Waals surface area contributed by atoms with E-state index in [1.54, 1.807) is 24.3 Å². The fourth-order valence-corrected chi connectivity index (χ4v) is 3.90. The van der Waals surface area contributed by atoms with Gasteiger partial charge >= 0.3 is 5.97 Å². The molecule has 2 N–H and O–H groups in total. The van der Waals surface area contributed by atoms with Gasteiger partial charge in [0.25, 0.3) is 0 Å². The number of imidazole rings is 1. The van der Waals surface area contributed by atoms with Gasteiger partial charge in [-0.2, -0.15) is 0 Å². The van der Waals surface area contributed by atoms with Gasteiger partial charge in [0.15, 0.2) is 0 Å². The van der Waals surface area contributed by atoms with E-state index in [4.69, 9.17) is 4.98 Å². The zero-order valence-electron chi connectivity index (χ0n) is 17.1. The maximum Gasteiger partial charge on any atom is 0.336 e. The molecule has 0 bridgehead atoms. The fraction of sp³-hybridized carbons (Fsp3) is 0.200. The standard InChI is InChI=1S/C25H24N2O3/c1-3-4-9-24-26-22-15-18(28)11-13-23(22)27(24)17-10-12-19(16(2)14-17)20-7-5-6-8-21(20)25(29)30/h5-8,10-15,28H,3-4,9H2,1-2H3,(H,29,30). The Labute approximate surface area is 175 Å². The number of benzene rings is 3. The fourth-order valence-electron chi connectivity index (χ4n) is 3.90. The maximum atomic E-state index is 11.6. The van der Waals surface area contributed by atoms with Crippen LogP contribution in [-0.4, -0.2) is 25.7 Å². The molecule has 152 valence electrons. The van der Waals surface area contributed by atoms with Gasteiger partial charge in [-0.3, -0.25) is 4.57 Å². The number of phenols is 1. The summed E-state index contributed by atoms with van der Waals surface area (Å²) in [6.07, 6.45) is 2.94. The van der Waals surface area contributed by atoms with E-state index in [1.807, 2.05) is 37.3 Å². The first kappa shape index (κ1) is 19.7. The predicted octanol–water partition coefficient (Wildman–Crippen LogP) is 5.75. The van der Waals surface area contributed by atoms with Crippen molar-refractivity contribution in [1.82, 2.24) is 9.55 Å². The van der Waals surface area contributed by atoms with Crippen molar-refractivity contribution in [2.75, 3.05) is 0 Å². The van der Waals surface area contributed by atoms with Gasteiger partial charge < -0.3 is 10.2 Å². The molecule has 0 atom stereocenters. The number of carbonyl (C=O) groups is 1. The van der Waals surface area contributed by atoms with Crippen molar-refractivity contribution in [3.8, 4) is 22.6 Å². The monoisotopic (exact) mass is 400 g/mol. The van der Waals surface area contributed by atoms with Gasteiger partial charge in [0.1, 0.15) is 11.6 Å². The van der Waals surface area contributed by atoms with Gasteiger partial charge in [-0.25, -0.2) is 9.78 Å². The number of carboxylic acids is 1. The van der Waals surface area contributed by atoms with E-state index in [-0.39, 0.29) is 5.75 Å². The van der Waals surface area contributed by atoms with E-state index in [0.717, 1.165) is 52.9 Å². The molecule has 0 saturated heterocycles. The van der Waals surface area contributed by atoms with Gasteiger partial charge in [0.05, 0.1) is 16.6 Å². The number of fused-ring (bicyclic) bond motifs is 1. The van der Waals surface area contributed by atoms with Gasteiger partial charge in [0.2, 0.25) is 0 Å². The summed E-state index contributed by atoms with van der Waals surface area (Å²) in [4.78, 5) is 16.4. The molecule has 4 rings (SSSR count). The van der Waals surface area contributed by atoms with Crippen LogP contribution in [0, 0.1) is 6.92 Å². The molecule has 0 fully saturated rings. The second kappa shape index (κ2) is 8.03. The van der Waals surface area contributed by atoms with E-state index in [9.17, 15) is 15.0 Å². The minimum absolute atomic E-state index is 0.200. The molecule has 0 aliphatic carbocycles. The highest BCUT2D eigenvalue weighted by Gasteiger charge is 2.16. The average molecular weight is 400 g/mol. The number of rotatable bonds is 6. The summed E-state index contributed by atoms with van der Waals surface area (Å²) in [7, 11) is 0. The molecule has 0 aliphatic rings. The maximum absolute atomic E-state index is 11.6. The van der Waals surface area contributed by atoms with E-state index in [1.165, 1.54) is 0 Å². The van der Waals surface area contributed by atoms with Crippen molar-refractivity contribution in [3.05, 3.63) is 77.6 Å². The van der Waals surface area contributed by atoms with Crippen LogP contribution in [0.1, 0.15) is 41.5 Å². The first-order valence-corrected chi connectivity index (χ1v) is 10.1. The second-order valence-electron chi connectivity index (χ2n) is 7.49. The van der Waals surface area contributed by atoms with Crippen molar-refractivity contribution in [3.63, 3.8) is 0 Å². The van der Waals surface area contributed by atoms with Gasteiger partial charge in [-0.15, -0.1) is 0 Å². The highest BCUT2D eigenvalue weighted by molar-refractivity contribution is 5.96. The number of aryl methyl sites for hydroxylation is 2. The minimum atomic E-state index is -0.934. The van der Waals surface area contributed by atoms with E-state index >= 15 is 0 Å². The van der Waals surface area contributed by atoms with Crippen molar-refractivity contribution in [1.29, 1.82) is 0 Å². The minimum Gasteiger partial charge on any atom is -0.508 e. The number of carboxylic acid groups (broad SMARTS) is 1. The normalized spacial score (nSPS) is 11.1. The van der Waals surface area contributed by atoms with Crippen LogP contribution in [0.2, 0.25) is 0 Å². The summed E-state index contributed by atoms with van der Waals surface area (Å²) in [5.41, 5.74) is 5.57. The molecule has 0 spiro atoms. The Hall–Kier alpha value is -3.60. The first-order chi connectivity index (χ1) is 14.5. The number of hydrogen-bond acceptors (Lipinski definition) is 3. The van der Waals surface area contributed by atoms with Crippen LogP contribution in [0.5, 0.6) is 5.75 Å². The molecule has 0 radical (unpaired) electrons. The number of hydrogen-bond donors (Lipinski definition) is 2. The Balaban J connectivity index is 1.86. The van der Waals surface area contributed by atoms with Gasteiger partial charge in [-0.05, 0) is 60.4 Å². The number of nitrogens with zero attached hydrogens (tertiary/aromatic N) is 2. The molecule has 0 aliphatic heterocycles. The van der Waals surface area contributed by atoms with E-state index in [0.29, 0.717) is 11.1 Å². The lowest BCUT2D eigenvalue weighted by Gasteiger charge is -2.14. The lowest BCUT2D eigenvalue weighted by Crippen LogP contribution is -2.03. The Morgan fingerprint density at radius 1 is 1.03 bits per heavy atom. The molecule has 3 aromatic carbocycles. The highest BCUT2D eigenvalue weighted by atomic mass is 16.4. The van der Waals surface area contributed by atoms with Crippen molar-refractivity contribution >= 4 is 17.0 Å². The molecule has 0 amide bonds. The van der Waals surface area contributed by atoms with Crippen LogP contribution < -0.4 is 0 Å². The number of aromatic nitrogens is 2. The molecule has 1 aromatic heterocycles. The largest absolute Gasteiger partial charge is 0.508 e. The average Bonchev–Trinajstić information content (AvgIpc) is 3.09. The summed E-state index contributed by atoms with van der Waals surface area (Å²) in [5, 5.41) is 19.4. The molecule has 5 nitrogen and oxygen atoms in total. The molecule has 1 heterocycles. The summed E-state index contributed by atoms with van der Waals surface area (Å²) >= 11 is 0. The van der Waals surface area contributed by atoms with Crippen molar-refractivity contribution in [2.24, 2.45) is 0 Å². The van der Waals surface area contributed by atoms with Gasteiger partial charge in [0, 0.05) is 18.2 Å². The Morgan fingerprint density at radius 3 is 2.57 bits per heavy atom. The third-order valence-corrected chi connectivity index (χ3v) is 5.38. The third-order valence-electron chi connectivity index (χ3n) is 5.38. The zero-order chi connectivity index (χ0) is 21.3. The Bertz CT molecular complexity index is 1240. The number of phenolic OH excluding ortho intramolecular Hbond substituents is 1. The third kappa shape index (κ3) is 3.54. The van der Waals surface area contributed by atoms with Crippen LogP contribution in [0.3, 0.4) is 0 Å². The van der Waals surface area contributed by atoms with E-state index in [2.05, 4.69) is 17.6 Å². The summed E-state index contributed by atoms with van der Waals surface area (Å²) < 4.78 is 2.13.